The number of pyridine rings is 1. The molecular weight excluding hydrogens is 383 g/mol. The van der Waals surface area contributed by atoms with Crippen LogP contribution in [-0.2, 0) is 11.0 Å². The van der Waals surface area contributed by atoms with Crippen molar-refractivity contribution >= 4 is 17.4 Å². The first-order valence-corrected chi connectivity index (χ1v) is 9.12. The molecule has 1 aliphatic heterocycles. The molecule has 6 nitrogen and oxygen atoms in total. The summed E-state index contributed by atoms with van der Waals surface area (Å²) in [6.45, 7) is 4.01. The molecule has 0 bridgehead atoms. The number of benzene rings is 1. The van der Waals surface area contributed by atoms with E-state index in [0.29, 0.717) is 43.2 Å². The maximum Gasteiger partial charge on any atom is 0.417 e. The Kier molecular flexibility index (Phi) is 6.03. The lowest BCUT2D eigenvalue weighted by Gasteiger charge is -2.38. The average Bonchev–Trinajstić information content (AvgIpc) is 2.73. The van der Waals surface area contributed by atoms with Crippen LogP contribution in [-0.4, -0.2) is 48.0 Å². The van der Waals surface area contributed by atoms with Crippen LogP contribution in [0.1, 0.15) is 18.1 Å². The molecular formula is C20H20F3N5O. The number of amides is 1. The number of piperazine rings is 1. The number of rotatable bonds is 4. The Morgan fingerprint density at radius 2 is 1.86 bits per heavy atom. The first-order chi connectivity index (χ1) is 13.8. The van der Waals surface area contributed by atoms with Gasteiger partial charge in [0.25, 0.3) is 0 Å². The van der Waals surface area contributed by atoms with Crippen molar-refractivity contribution < 1.29 is 18.0 Å². The Bertz CT molecular complexity index is 900. The zero-order valence-electron chi connectivity index (χ0n) is 15.8. The minimum atomic E-state index is -4.41. The third-order valence-corrected chi connectivity index (χ3v) is 4.95. The summed E-state index contributed by atoms with van der Waals surface area (Å²) in [4.78, 5) is 20.4. The largest absolute Gasteiger partial charge is 0.417 e. The van der Waals surface area contributed by atoms with E-state index < -0.39 is 17.8 Å². The van der Waals surface area contributed by atoms with E-state index in [0.717, 1.165) is 12.3 Å². The normalized spacial score (nSPS) is 16.2. The molecule has 152 valence electrons. The fourth-order valence-corrected chi connectivity index (χ4v) is 3.17. The first-order valence-electron chi connectivity index (χ1n) is 9.12. The summed E-state index contributed by atoms with van der Waals surface area (Å²) < 4.78 is 38.0. The van der Waals surface area contributed by atoms with Gasteiger partial charge in [-0.05, 0) is 31.2 Å². The van der Waals surface area contributed by atoms with E-state index in [-0.39, 0.29) is 5.91 Å². The van der Waals surface area contributed by atoms with Crippen LogP contribution in [0.15, 0.2) is 42.6 Å². The molecule has 2 heterocycles. The lowest BCUT2D eigenvalue weighted by atomic mass is 10.1. The second-order valence-corrected chi connectivity index (χ2v) is 6.75. The van der Waals surface area contributed by atoms with Crippen LogP contribution in [0.2, 0.25) is 0 Å². The zero-order chi connectivity index (χ0) is 21.0. The average molecular weight is 403 g/mol. The monoisotopic (exact) mass is 403 g/mol. The van der Waals surface area contributed by atoms with E-state index in [9.17, 15) is 18.0 Å². The number of nitriles is 1. The van der Waals surface area contributed by atoms with Crippen molar-refractivity contribution in [3.8, 4) is 6.07 Å². The molecule has 1 N–H and O–H groups in total. The Labute approximate surface area is 166 Å². The van der Waals surface area contributed by atoms with Gasteiger partial charge in [0.15, 0.2) is 0 Å². The van der Waals surface area contributed by atoms with E-state index in [2.05, 4.69) is 10.3 Å². The van der Waals surface area contributed by atoms with Crippen molar-refractivity contribution in [2.45, 2.75) is 19.1 Å². The van der Waals surface area contributed by atoms with Gasteiger partial charge in [0.1, 0.15) is 11.9 Å². The Hall–Kier alpha value is -3.12. The summed E-state index contributed by atoms with van der Waals surface area (Å²) in [7, 11) is 0. The second-order valence-electron chi connectivity index (χ2n) is 6.75. The summed E-state index contributed by atoms with van der Waals surface area (Å²) in [5.74, 6) is 0.270. The zero-order valence-corrected chi connectivity index (χ0v) is 15.8. The lowest BCUT2D eigenvalue weighted by molar-refractivity contribution is -0.137. The van der Waals surface area contributed by atoms with Gasteiger partial charge < -0.3 is 10.2 Å². The van der Waals surface area contributed by atoms with Crippen molar-refractivity contribution in [2.24, 2.45) is 0 Å². The van der Waals surface area contributed by atoms with E-state index in [4.69, 9.17) is 5.26 Å². The Morgan fingerprint density at radius 1 is 1.17 bits per heavy atom. The molecule has 1 aromatic heterocycles. The van der Waals surface area contributed by atoms with Gasteiger partial charge in [0.05, 0.1) is 22.9 Å². The predicted molar refractivity (Wildman–Crippen MR) is 102 cm³/mol. The third kappa shape index (κ3) is 4.84. The Morgan fingerprint density at radius 3 is 2.45 bits per heavy atom. The van der Waals surface area contributed by atoms with Gasteiger partial charge in [-0.1, -0.05) is 12.1 Å². The topological polar surface area (TPSA) is 72.3 Å². The smallest absolute Gasteiger partial charge is 0.354 e. The van der Waals surface area contributed by atoms with Crippen LogP contribution in [0.4, 0.5) is 24.7 Å². The molecule has 2 aromatic rings. The summed E-state index contributed by atoms with van der Waals surface area (Å²) in [6, 6.07) is 10.8. The van der Waals surface area contributed by atoms with Crippen LogP contribution in [0.25, 0.3) is 0 Å². The number of anilines is 2. The molecule has 29 heavy (non-hydrogen) atoms. The van der Waals surface area contributed by atoms with Gasteiger partial charge in [-0.2, -0.15) is 18.4 Å². The highest BCUT2D eigenvalue weighted by Crippen LogP contribution is 2.29. The number of nitrogens with zero attached hydrogens (tertiary/aromatic N) is 4. The van der Waals surface area contributed by atoms with Gasteiger partial charge in [0, 0.05) is 32.4 Å². The van der Waals surface area contributed by atoms with Crippen molar-refractivity contribution in [1.82, 2.24) is 9.88 Å². The van der Waals surface area contributed by atoms with E-state index >= 15 is 0 Å². The molecule has 9 heteroatoms. The highest BCUT2D eigenvalue weighted by molar-refractivity contribution is 5.95. The second kappa shape index (κ2) is 8.49. The molecule has 1 atom stereocenters. The number of carbonyl (C=O) groups excluding carboxylic acids is 1. The minimum Gasteiger partial charge on any atom is -0.354 e. The maximum atomic E-state index is 12.7. The number of aromatic nitrogens is 1. The standard InChI is InChI=1S/C20H20F3N5O/c1-14(19(29)26-17-5-3-2-4-15(17)12-24)27-8-10-28(11-9-27)18-7-6-16(13-25-18)20(21,22)23/h2-7,13-14H,8-11H2,1H3,(H,26,29)/t14-/m1/s1. The van der Waals surface area contributed by atoms with Crippen molar-refractivity contribution in [1.29, 1.82) is 5.26 Å². The van der Waals surface area contributed by atoms with Crippen molar-refractivity contribution in [2.75, 3.05) is 36.4 Å². The van der Waals surface area contributed by atoms with Crippen LogP contribution in [0, 0.1) is 11.3 Å². The van der Waals surface area contributed by atoms with E-state index in [1.165, 1.54) is 6.07 Å². The van der Waals surface area contributed by atoms with Crippen molar-refractivity contribution in [3.05, 3.63) is 53.7 Å². The molecule has 3 rings (SSSR count). The highest BCUT2D eigenvalue weighted by Gasteiger charge is 2.31. The van der Waals surface area contributed by atoms with Crippen LogP contribution in [0.3, 0.4) is 0 Å². The maximum absolute atomic E-state index is 12.7. The number of hydrogen-bond donors (Lipinski definition) is 1. The summed E-state index contributed by atoms with van der Waals surface area (Å²) in [6.07, 6.45) is -3.57. The first kappa shape index (κ1) is 20.6. The van der Waals surface area contributed by atoms with E-state index in [1.54, 1.807) is 31.2 Å². The quantitative estimate of drug-likeness (QED) is 0.849. The van der Waals surface area contributed by atoms with Gasteiger partial charge in [-0.15, -0.1) is 0 Å². The highest BCUT2D eigenvalue weighted by atomic mass is 19.4. The fourth-order valence-electron chi connectivity index (χ4n) is 3.17. The molecule has 1 fully saturated rings. The molecule has 0 radical (unpaired) electrons. The third-order valence-electron chi connectivity index (χ3n) is 4.95. The molecule has 1 aromatic carbocycles. The number of hydrogen-bond acceptors (Lipinski definition) is 5. The van der Waals surface area contributed by atoms with Crippen molar-refractivity contribution in [3.63, 3.8) is 0 Å². The predicted octanol–water partition coefficient (Wildman–Crippen LogP) is 3.12. The summed E-state index contributed by atoms with van der Waals surface area (Å²) in [5, 5.41) is 11.9. The number of alkyl halides is 3. The fraction of sp³-hybridized carbons (Fsp3) is 0.350. The number of carbonyl (C=O) groups is 1. The number of halogens is 3. The lowest BCUT2D eigenvalue weighted by Crippen LogP contribution is -2.53. The van der Waals surface area contributed by atoms with Crippen LogP contribution >= 0.6 is 0 Å². The molecule has 0 saturated carbocycles. The van der Waals surface area contributed by atoms with Gasteiger partial charge in [0.2, 0.25) is 5.91 Å². The molecule has 1 amide bonds. The van der Waals surface area contributed by atoms with Crippen LogP contribution < -0.4 is 10.2 Å². The molecule has 0 unspecified atom stereocenters. The molecule has 1 saturated heterocycles. The number of para-hydroxylation sites is 1. The van der Waals surface area contributed by atoms with Crippen LogP contribution in [0.5, 0.6) is 0 Å². The minimum absolute atomic E-state index is 0.214. The van der Waals surface area contributed by atoms with E-state index in [1.807, 2.05) is 15.9 Å². The van der Waals surface area contributed by atoms with Gasteiger partial charge in [-0.25, -0.2) is 4.98 Å². The SMILES string of the molecule is C[C@H](C(=O)Nc1ccccc1C#N)N1CCN(c2ccc(C(F)(F)F)cn2)CC1. The molecule has 0 aliphatic carbocycles. The van der Waals surface area contributed by atoms with Gasteiger partial charge >= 0.3 is 6.18 Å². The molecule has 0 spiro atoms. The molecule has 1 aliphatic rings. The summed E-state index contributed by atoms with van der Waals surface area (Å²) in [5.41, 5.74) is 0.0912. The Balaban J connectivity index is 1.57. The van der Waals surface area contributed by atoms with Gasteiger partial charge in [-0.3, -0.25) is 9.69 Å². The number of nitrogens with one attached hydrogen (secondary N) is 1. The summed E-state index contributed by atoms with van der Waals surface area (Å²) >= 11 is 0.